The maximum Gasteiger partial charge on any atom is 0.264 e. The Hall–Kier alpha value is 0.127. The van der Waals surface area contributed by atoms with Crippen LogP contribution in [0, 0.1) is 0 Å². The van der Waals surface area contributed by atoms with E-state index in [0.29, 0.717) is 5.54 Å². The Kier molecular flexibility index (Phi) is 4.00. The molecule has 0 aromatic heterocycles. The minimum atomic E-state index is -3.25. The highest BCUT2D eigenvalue weighted by atomic mass is 32.2. The molecule has 1 aliphatic rings. The fourth-order valence-corrected chi connectivity index (χ4v) is 6.48. The molecular weight excluding hydrogens is 228 g/mol. The summed E-state index contributed by atoms with van der Waals surface area (Å²) in [5.74, 6) is 0. The molecule has 1 fully saturated rings. The molecule has 5 heteroatoms. The Bertz CT molecular complexity index is 311. The van der Waals surface area contributed by atoms with Crippen LogP contribution in [-0.2, 0) is 14.3 Å². The third-order valence-corrected chi connectivity index (χ3v) is 8.06. The first-order valence-electron chi connectivity index (χ1n) is 5.64. The molecule has 0 N–H and O–H groups in total. The molecule has 1 aliphatic carbocycles. The fourth-order valence-electron chi connectivity index (χ4n) is 2.14. The third kappa shape index (κ3) is 4.24. The first-order chi connectivity index (χ1) is 6.76. The van der Waals surface area contributed by atoms with Crippen molar-refractivity contribution in [2.45, 2.75) is 57.0 Å². The van der Waals surface area contributed by atoms with Crippen molar-refractivity contribution in [3.63, 3.8) is 0 Å². The number of hydrogen-bond donors (Lipinski definition) is 0. The smallest absolute Gasteiger partial charge is 0.264 e. The molecular formula is C10H22O3SSi. The van der Waals surface area contributed by atoms with Crippen molar-refractivity contribution in [1.29, 1.82) is 0 Å². The molecule has 0 aromatic rings. The van der Waals surface area contributed by atoms with Gasteiger partial charge in [-0.15, -0.1) is 0 Å². The van der Waals surface area contributed by atoms with Crippen molar-refractivity contribution in [2.75, 3.05) is 6.26 Å². The van der Waals surface area contributed by atoms with Crippen LogP contribution in [0.25, 0.3) is 0 Å². The van der Waals surface area contributed by atoms with Gasteiger partial charge in [0.15, 0.2) is 0 Å². The van der Waals surface area contributed by atoms with E-state index in [0.717, 1.165) is 12.7 Å². The SMILES string of the molecule is CCCC[Si](C)(C)C1CC1OS(C)(=O)=O. The van der Waals surface area contributed by atoms with E-state index in [1.165, 1.54) is 18.9 Å². The van der Waals surface area contributed by atoms with Crippen LogP contribution in [0.15, 0.2) is 0 Å². The van der Waals surface area contributed by atoms with E-state index in [2.05, 4.69) is 20.0 Å². The van der Waals surface area contributed by atoms with Gasteiger partial charge in [0.1, 0.15) is 0 Å². The van der Waals surface area contributed by atoms with Crippen molar-refractivity contribution < 1.29 is 12.6 Å². The summed E-state index contributed by atoms with van der Waals surface area (Å²) in [5, 5.41) is 0. The summed E-state index contributed by atoms with van der Waals surface area (Å²) < 4.78 is 27.0. The van der Waals surface area contributed by atoms with Crippen molar-refractivity contribution >= 4 is 18.2 Å². The zero-order valence-corrected chi connectivity index (χ0v) is 11.9. The van der Waals surface area contributed by atoms with E-state index in [4.69, 9.17) is 4.18 Å². The molecule has 15 heavy (non-hydrogen) atoms. The molecule has 3 nitrogen and oxygen atoms in total. The molecule has 2 atom stereocenters. The zero-order valence-electron chi connectivity index (χ0n) is 10.1. The first kappa shape index (κ1) is 13.2. The zero-order chi connectivity index (χ0) is 11.7. The Balaban J connectivity index is 2.42. The molecule has 0 amide bonds. The minimum Gasteiger partial charge on any atom is -0.267 e. The highest BCUT2D eigenvalue weighted by molar-refractivity contribution is 7.86. The Morgan fingerprint density at radius 3 is 2.47 bits per heavy atom. The van der Waals surface area contributed by atoms with Crippen LogP contribution in [0.3, 0.4) is 0 Å². The maximum absolute atomic E-state index is 11.0. The van der Waals surface area contributed by atoms with Crippen molar-refractivity contribution in [3.05, 3.63) is 0 Å². The summed E-state index contributed by atoms with van der Waals surface area (Å²) in [4.78, 5) is 0. The standard InChI is InChI=1S/C10H22O3SSi/c1-5-6-7-15(3,4)10-8-9(10)13-14(2,11)12/h9-10H,5-8H2,1-4H3. The van der Waals surface area contributed by atoms with Gasteiger partial charge in [0.2, 0.25) is 0 Å². The first-order valence-corrected chi connectivity index (χ1v) is 10.7. The second-order valence-electron chi connectivity index (χ2n) is 5.27. The van der Waals surface area contributed by atoms with E-state index in [1.54, 1.807) is 0 Å². The van der Waals surface area contributed by atoms with Gasteiger partial charge < -0.3 is 0 Å². The molecule has 0 bridgehead atoms. The monoisotopic (exact) mass is 250 g/mol. The van der Waals surface area contributed by atoms with Gasteiger partial charge in [-0.05, 0) is 12.0 Å². The lowest BCUT2D eigenvalue weighted by Crippen LogP contribution is -2.27. The predicted molar refractivity (Wildman–Crippen MR) is 65.3 cm³/mol. The minimum absolute atomic E-state index is 0.00137. The molecule has 2 unspecified atom stereocenters. The lowest BCUT2D eigenvalue weighted by Gasteiger charge is -2.21. The summed E-state index contributed by atoms with van der Waals surface area (Å²) >= 11 is 0. The number of hydrogen-bond acceptors (Lipinski definition) is 3. The van der Waals surface area contributed by atoms with Gasteiger partial charge in [-0.3, -0.25) is 4.18 Å². The van der Waals surface area contributed by atoms with Gasteiger partial charge in [0, 0.05) is 0 Å². The predicted octanol–water partition coefficient (Wildman–Crippen LogP) is 2.61. The van der Waals surface area contributed by atoms with Gasteiger partial charge in [0.05, 0.1) is 20.4 Å². The molecule has 1 rings (SSSR count). The number of unbranched alkanes of at least 4 members (excludes halogenated alkanes) is 1. The van der Waals surface area contributed by atoms with Gasteiger partial charge in [-0.1, -0.05) is 38.9 Å². The van der Waals surface area contributed by atoms with Crippen LogP contribution in [0.5, 0.6) is 0 Å². The maximum atomic E-state index is 11.0. The van der Waals surface area contributed by atoms with Crippen LogP contribution >= 0.6 is 0 Å². The number of rotatable bonds is 6. The van der Waals surface area contributed by atoms with Gasteiger partial charge in [0.25, 0.3) is 10.1 Å². The molecule has 0 heterocycles. The topological polar surface area (TPSA) is 43.4 Å². The van der Waals surface area contributed by atoms with E-state index in [-0.39, 0.29) is 6.10 Å². The molecule has 0 aromatic carbocycles. The van der Waals surface area contributed by atoms with E-state index in [1.807, 2.05) is 0 Å². The molecule has 0 spiro atoms. The second-order valence-corrected chi connectivity index (χ2v) is 12.1. The normalized spacial score (nSPS) is 26.7. The Morgan fingerprint density at radius 1 is 1.40 bits per heavy atom. The average Bonchev–Trinajstić information content (AvgIpc) is 2.78. The Morgan fingerprint density at radius 2 is 2.00 bits per heavy atom. The van der Waals surface area contributed by atoms with Crippen LogP contribution in [0.4, 0.5) is 0 Å². The van der Waals surface area contributed by atoms with Gasteiger partial charge in [-0.2, -0.15) is 8.42 Å². The van der Waals surface area contributed by atoms with Gasteiger partial charge in [-0.25, -0.2) is 0 Å². The Labute approximate surface area is 94.3 Å². The summed E-state index contributed by atoms with van der Waals surface area (Å²) in [7, 11) is -4.50. The summed E-state index contributed by atoms with van der Waals surface area (Å²) in [6.07, 6.45) is 4.58. The van der Waals surface area contributed by atoms with Crippen LogP contribution < -0.4 is 0 Å². The van der Waals surface area contributed by atoms with E-state index in [9.17, 15) is 8.42 Å². The highest BCUT2D eigenvalue weighted by Gasteiger charge is 2.50. The van der Waals surface area contributed by atoms with E-state index >= 15 is 0 Å². The second kappa shape index (κ2) is 4.55. The summed E-state index contributed by atoms with van der Waals surface area (Å²) in [6, 6.07) is 1.29. The lowest BCUT2D eigenvalue weighted by atomic mass is 10.4. The average molecular weight is 250 g/mol. The van der Waals surface area contributed by atoms with Crippen LogP contribution in [0.2, 0.25) is 24.7 Å². The van der Waals surface area contributed by atoms with Crippen molar-refractivity contribution in [3.8, 4) is 0 Å². The van der Waals surface area contributed by atoms with Crippen molar-refractivity contribution in [2.24, 2.45) is 0 Å². The van der Waals surface area contributed by atoms with Crippen molar-refractivity contribution in [1.82, 2.24) is 0 Å². The molecule has 1 saturated carbocycles. The lowest BCUT2D eigenvalue weighted by molar-refractivity contribution is 0.308. The fraction of sp³-hybridized carbons (Fsp3) is 1.00. The largest absolute Gasteiger partial charge is 0.267 e. The highest BCUT2D eigenvalue weighted by Crippen LogP contribution is 2.50. The summed E-state index contributed by atoms with van der Waals surface area (Å²) in [6.45, 7) is 6.89. The van der Waals surface area contributed by atoms with E-state index < -0.39 is 18.2 Å². The van der Waals surface area contributed by atoms with Crippen LogP contribution in [0.1, 0.15) is 26.2 Å². The molecule has 0 saturated heterocycles. The third-order valence-electron chi connectivity index (χ3n) is 3.21. The quantitative estimate of drug-likeness (QED) is 0.537. The molecule has 90 valence electrons. The molecule has 0 aliphatic heterocycles. The molecule has 0 radical (unpaired) electrons. The van der Waals surface area contributed by atoms with Gasteiger partial charge >= 0.3 is 0 Å². The summed E-state index contributed by atoms with van der Waals surface area (Å²) in [5.41, 5.74) is 0.554. The van der Waals surface area contributed by atoms with Crippen LogP contribution in [-0.4, -0.2) is 28.9 Å².